The molecule has 2 saturated heterocycles. The first-order chi connectivity index (χ1) is 22.5. The summed E-state index contributed by atoms with van der Waals surface area (Å²) in [7, 11) is 2.11. The molecule has 254 valence electrons. The Morgan fingerprint density at radius 3 is 2.40 bits per heavy atom. The minimum atomic E-state index is -0.789. The molecule has 47 heavy (non-hydrogen) atoms. The third-order valence-corrected chi connectivity index (χ3v) is 9.79. The van der Waals surface area contributed by atoms with Crippen molar-refractivity contribution in [1.82, 2.24) is 25.3 Å². The van der Waals surface area contributed by atoms with Gasteiger partial charge in [-0.05, 0) is 82.5 Å². The van der Waals surface area contributed by atoms with Crippen LogP contribution in [0.3, 0.4) is 0 Å². The third-order valence-electron chi connectivity index (χ3n) is 9.79. The molecule has 5 rings (SSSR count). The normalized spacial score (nSPS) is 21.3. The fourth-order valence-corrected chi connectivity index (χ4v) is 6.55. The largest absolute Gasteiger partial charge is 0.483 e. The van der Waals surface area contributed by atoms with Gasteiger partial charge in [0.05, 0.1) is 5.56 Å². The van der Waals surface area contributed by atoms with Gasteiger partial charge in [-0.15, -0.1) is 0 Å². The van der Waals surface area contributed by atoms with Crippen LogP contribution < -0.4 is 15.4 Å². The zero-order valence-electron chi connectivity index (χ0n) is 28.4. The van der Waals surface area contributed by atoms with Crippen molar-refractivity contribution in [3.63, 3.8) is 0 Å². The molecule has 10 heteroatoms. The fraction of sp³-hybridized carbons (Fsp3) is 0.568. The van der Waals surface area contributed by atoms with E-state index in [2.05, 4.69) is 48.6 Å². The van der Waals surface area contributed by atoms with Gasteiger partial charge in [0.1, 0.15) is 17.8 Å². The second-order valence-corrected chi connectivity index (χ2v) is 14.2. The van der Waals surface area contributed by atoms with Gasteiger partial charge in [0, 0.05) is 37.8 Å². The van der Waals surface area contributed by atoms with E-state index in [9.17, 15) is 19.2 Å². The minimum absolute atomic E-state index is 0.00646. The second-order valence-electron chi connectivity index (χ2n) is 14.2. The molecule has 1 saturated carbocycles. The van der Waals surface area contributed by atoms with E-state index in [0.29, 0.717) is 38.4 Å². The quantitative estimate of drug-likeness (QED) is 0.344. The number of hydrogen-bond acceptors (Lipinski definition) is 6. The van der Waals surface area contributed by atoms with E-state index in [1.165, 1.54) is 5.56 Å². The van der Waals surface area contributed by atoms with Crippen LogP contribution in [0.25, 0.3) is 0 Å². The summed E-state index contributed by atoms with van der Waals surface area (Å²) in [6.45, 7) is 8.46. The molecule has 0 spiro atoms. The number of hydrogen-bond donors (Lipinski definition) is 2. The van der Waals surface area contributed by atoms with E-state index >= 15 is 0 Å². The molecule has 2 N–H and O–H groups in total. The van der Waals surface area contributed by atoms with Crippen molar-refractivity contribution in [3.05, 3.63) is 65.7 Å². The van der Waals surface area contributed by atoms with Crippen molar-refractivity contribution >= 4 is 23.6 Å². The summed E-state index contributed by atoms with van der Waals surface area (Å²) in [4.78, 5) is 60.2. The zero-order valence-corrected chi connectivity index (χ0v) is 28.4. The maximum Gasteiger partial charge on any atom is 0.258 e. The van der Waals surface area contributed by atoms with Crippen molar-refractivity contribution in [3.8, 4) is 5.75 Å². The van der Waals surface area contributed by atoms with Crippen LogP contribution in [0.1, 0.15) is 75.2 Å². The Labute approximate surface area is 279 Å². The van der Waals surface area contributed by atoms with Crippen LogP contribution in [0.4, 0.5) is 0 Å². The molecule has 3 atom stereocenters. The topological polar surface area (TPSA) is 111 Å². The van der Waals surface area contributed by atoms with Gasteiger partial charge in [0.25, 0.3) is 11.8 Å². The number of likely N-dealkylation sites (tertiary alicyclic amines) is 1. The summed E-state index contributed by atoms with van der Waals surface area (Å²) < 4.78 is 5.78. The summed E-state index contributed by atoms with van der Waals surface area (Å²) in [5, 5.41) is 5.94. The van der Waals surface area contributed by atoms with Gasteiger partial charge >= 0.3 is 0 Å². The number of benzene rings is 2. The maximum atomic E-state index is 14.2. The van der Waals surface area contributed by atoms with Gasteiger partial charge in [-0.3, -0.25) is 24.1 Å². The first kappa shape index (κ1) is 34.4. The van der Waals surface area contributed by atoms with Crippen LogP contribution in [-0.2, 0) is 20.8 Å². The van der Waals surface area contributed by atoms with Gasteiger partial charge in [-0.1, -0.05) is 56.3 Å². The number of nitrogens with one attached hydrogen (secondary N) is 2. The minimum Gasteiger partial charge on any atom is -0.483 e. The molecule has 3 aliphatic rings. The molecule has 2 heterocycles. The predicted molar refractivity (Wildman–Crippen MR) is 181 cm³/mol. The number of carbonyl (C=O) groups excluding carboxylic acids is 4. The highest BCUT2D eigenvalue weighted by Gasteiger charge is 2.41. The highest BCUT2D eigenvalue weighted by atomic mass is 16.5. The number of rotatable bonds is 13. The summed E-state index contributed by atoms with van der Waals surface area (Å²) in [5.74, 6) is -0.296. The Balaban J connectivity index is 1.25. The van der Waals surface area contributed by atoms with Crippen molar-refractivity contribution in [2.24, 2.45) is 5.92 Å². The number of carbonyl (C=O) groups is 4. The Morgan fingerprint density at radius 1 is 0.957 bits per heavy atom. The van der Waals surface area contributed by atoms with E-state index in [1.54, 1.807) is 29.2 Å². The van der Waals surface area contributed by atoms with Crippen molar-refractivity contribution in [2.45, 2.75) is 89.4 Å². The zero-order chi connectivity index (χ0) is 33.6. The van der Waals surface area contributed by atoms with E-state index in [1.807, 2.05) is 30.0 Å². The van der Waals surface area contributed by atoms with Gasteiger partial charge in [-0.25, -0.2) is 0 Å². The number of ether oxygens (including phenoxy) is 1. The summed E-state index contributed by atoms with van der Waals surface area (Å²) >= 11 is 0. The molecule has 1 aliphatic carbocycles. The standard InChI is InChI=1S/C37H51N5O5/c1-26(2)16-17-30(38-34(44)29-13-8-9-15-32(29)47-25-33(43)39-37(3)18-19-37)35(45)42-20-10-14-31(42)36(46)41-22-21-40(4)28(24-41)23-27-11-6-5-7-12-27/h5-9,11-13,15,26,28,30-31H,10,14,16-25H2,1-4H3,(H,38,44)(H,39,43)/t28-,30+,31+/m0/s1. The number of para-hydroxylation sites is 1. The van der Waals surface area contributed by atoms with Crippen molar-refractivity contribution in [1.29, 1.82) is 0 Å². The summed E-state index contributed by atoms with van der Waals surface area (Å²) in [6, 6.07) is 16.0. The maximum absolute atomic E-state index is 14.2. The lowest BCUT2D eigenvalue weighted by Crippen LogP contribution is -2.59. The molecule has 2 aromatic carbocycles. The van der Waals surface area contributed by atoms with Crippen LogP contribution in [0.15, 0.2) is 54.6 Å². The van der Waals surface area contributed by atoms with Crippen LogP contribution in [-0.4, -0.2) is 102 Å². The molecule has 0 radical (unpaired) electrons. The molecular formula is C37H51N5O5. The second kappa shape index (κ2) is 15.3. The highest BCUT2D eigenvalue weighted by Crippen LogP contribution is 2.34. The van der Waals surface area contributed by atoms with E-state index < -0.39 is 18.0 Å². The van der Waals surface area contributed by atoms with Gasteiger partial charge in [0.2, 0.25) is 11.8 Å². The molecule has 0 aromatic heterocycles. The molecule has 0 bridgehead atoms. The monoisotopic (exact) mass is 645 g/mol. The van der Waals surface area contributed by atoms with Crippen LogP contribution in [0.2, 0.25) is 0 Å². The number of piperazine rings is 1. The Hall–Kier alpha value is -3.92. The summed E-state index contributed by atoms with van der Waals surface area (Å²) in [5.41, 5.74) is 1.34. The lowest BCUT2D eigenvalue weighted by atomic mass is 10.0. The number of likely N-dealkylation sites (N-methyl/N-ethyl adjacent to an activating group) is 1. The molecule has 10 nitrogen and oxygen atoms in total. The van der Waals surface area contributed by atoms with E-state index in [4.69, 9.17) is 4.74 Å². The molecule has 2 aromatic rings. The van der Waals surface area contributed by atoms with E-state index in [-0.39, 0.29) is 47.2 Å². The molecule has 4 amide bonds. The predicted octanol–water partition coefficient (Wildman–Crippen LogP) is 3.65. The number of nitrogens with zero attached hydrogens (tertiary/aromatic N) is 3. The molecule has 0 unspecified atom stereocenters. The third kappa shape index (κ3) is 9.12. The smallest absolute Gasteiger partial charge is 0.258 e. The van der Waals surface area contributed by atoms with E-state index in [0.717, 1.165) is 38.6 Å². The first-order valence-electron chi connectivity index (χ1n) is 17.2. The lowest BCUT2D eigenvalue weighted by Gasteiger charge is -2.41. The average Bonchev–Trinajstić information content (AvgIpc) is 3.57. The lowest BCUT2D eigenvalue weighted by molar-refractivity contribution is -0.146. The number of amides is 4. The van der Waals surface area contributed by atoms with Crippen LogP contribution in [0, 0.1) is 5.92 Å². The van der Waals surface area contributed by atoms with Gasteiger partial charge in [0.15, 0.2) is 6.61 Å². The summed E-state index contributed by atoms with van der Waals surface area (Å²) in [6.07, 6.45) is 5.29. The molecular weight excluding hydrogens is 594 g/mol. The highest BCUT2D eigenvalue weighted by molar-refractivity contribution is 6.00. The van der Waals surface area contributed by atoms with Gasteiger partial charge in [-0.2, -0.15) is 0 Å². The Bertz CT molecular complexity index is 1410. The fourth-order valence-electron chi connectivity index (χ4n) is 6.55. The Morgan fingerprint density at radius 2 is 1.68 bits per heavy atom. The van der Waals surface area contributed by atoms with Gasteiger partial charge < -0.3 is 25.2 Å². The first-order valence-corrected chi connectivity index (χ1v) is 17.2. The SMILES string of the molecule is CC(C)CC[C@@H](NC(=O)c1ccccc1OCC(=O)NC1(C)CC1)C(=O)N1CCC[C@@H]1C(=O)N1CCN(C)[C@@H](Cc2ccccc2)C1. The van der Waals surface area contributed by atoms with Crippen molar-refractivity contribution < 1.29 is 23.9 Å². The average molecular weight is 646 g/mol. The van der Waals surface area contributed by atoms with Crippen LogP contribution >= 0.6 is 0 Å². The molecule has 2 aliphatic heterocycles. The molecule has 3 fully saturated rings. The Kier molecular flexibility index (Phi) is 11.2. The van der Waals surface area contributed by atoms with Crippen molar-refractivity contribution in [2.75, 3.05) is 39.8 Å². The van der Waals surface area contributed by atoms with Crippen LogP contribution in [0.5, 0.6) is 5.75 Å².